The minimum absolute atomic E-state index is 0.00749. The number of rotatable bonds is 5. The highest BCUT2D eigenvalue weighted by Crippen LogP contribution is 2.39. The van der Waals surface area contributed by atoms with Crippen LogP contribution in [0.3, 0.4) is 0 Å². The predicted octanol–water partition coefficient (Wildman–Crippen LogP) is 5.53. The van der Waals surface area contributed by atoms with Gasteiger partial charge in [-0.1, -0.05) is 30.3 Å². The summed E-state index contributed by atoms with van der Waals surface area (Å²) in [7, 11) is 0. The number of phenols is 1. The summed E-state index contributed by atoms with van der Waals surface area (Å²) in [5.41, 5.74) is 2.82. The molecule has 4 aromatic rings. The molecule has 1 amide bonds. The average molecular weight is 445 g/mol. The van der Waals surface area contributed by atoms with Crippen molar-refractivity contribution in [2.45, 2.75) is 39.3 Å². The number of thiophene rings is 1. The van der Waals surface area contributed by atoms with Gasteiger partial charge >= 0.3 is 0 Å². The third-order valence-electron chi connectivity index (χ3n) is 5.79. The fourth-order valence-electron chi connectivity index (χ4n) is 4.16. The van der Waals surface area contributed by atoms with E-state index in [1.54, 1.807) is 28.4 Å². The van der Waals surface area contributed by atoms with Gasteiger partial charge in [0.2, 0.25) is 5.91 Å². The summed E-state index contributed by atoms with van der Waals surface area (Å²) >= 11 is 1.66. The molecule has 0 saturated carbocycles. The van der Waals surface area contributed by atoms with Gasteiger partial charge in [-0.2, -0.15) is 0 Å². The molecular formula is C25H24N4O2S. The second kappa shape index (κ2) is 7.91. The van der Waals surface area contributed by atoms with Crippen LogP contribution in [0.15, 0.2) is 53.9 Å². The van der Waals surface area contributed by atoms with Gasteiger partial charge in [0.15, 0.2) is 5.82 Å². The van der Waals surface area contributed by atoms with Crippen molar-refractivity contribution in [3.63, 3.8) is 0 Å². The average Bonchev–Trinajstić information content (AvgIpc) is 3.34. The lowest BCUT2D eigenvalue weighted by molar-refractivity contribution is -0.117. The first-order valence-corrected chi connectivity index (χ1v) is 11.6. The Morgan fingerprint density at radius 2 is 1.81 bits per heavy atom. The zero-order valence-corrected chi connectivity index (χ0v) is 19.0. The van der Waals surface area contributed by atoms with E-state index in [-0.39, 0.29) is 30.2 Å². The largest absolute Gasteiger partial charge is 0.508 e. The summed E-state index contributed by atoms with van der Waals surface area (Å²) in [6.07, 6.45) is 0.281. The van der Waals surface area contributed by atoms with E-state index in [9.17, 15) is 9.90 Å². The van der Waals surface area contributed by atoms with Crippen molar-refractivity contribution in [2.24, 2.45) is 0 Å². The molecule has 2 N–H and O–H groups in total. The van der Waals surface area contributed by atoms with Gasteiger partial charge in [-0.05, 0) is 44.5 Å². The van der Waals surface area contributed by atoms with Crippen LogP contribution < -0.4 is 10.2 Å². The van der Waals surface area contributed by atoms with Crippen molar-refractivity contribution >= 4 is 39.0 Å². The highest BCUT2D eigenvalue weighted by Gasteiger charge is 2.34. The second-order valence-corrected chi connectivity index (χ2v) is 9.25. The topological polar surface area (TPSA) is 78.4 Å². The van der Waals surface area contributed by atoms with Crippen molar-refractivity contribution in [1.82, 2.24) is 9.97 Å². The number of nitrogens with one attached hydrogen (secondary N) is 1. The highest BCUT2D eigenvalue weighted by molar-refractivity contribution is 7.17. The van der Waals surface area contributed by atoms with E-state index in [0.717, 1.165) is 22.1 Å². The fourth-order valence-corrected chi connectivity index (χ4v) is 5.10. The quantitative estimate of drug-likeness (QED) is 0.423. The molecule has 32 heavy (non-hydrogen) atoms. The maximum absolute atomic E-state index is 12.8. The summed E-state index contributed by atoms with van der Waals surface area (Å²) in [5, 5.41) is 16.3. The van der Waals surface area contributed by atoms with Gasteiger partial charge in [-0.25, -0.2) is 9.97 Å². The molecule has 0 spiro atoms. The van der Waals surface area contributed by atoms with Gasteiger partial charge in [-0.3, -0.25) is 9.69 Å². The van der Waals surface area contributed by atoms with Crippen LogP contribution in [0.4, 0.5) is 11.6 Å². The standard InChI is InChI=1S/C25H24N4O2S/c1-14(2)29-22(31)12-19-23(26-15(3)16-8-10-17(30)11-9-16)27-24(28-25(19)29)20-13-32-21-7-5-4-6-18(20)21/h4-11,13-15,30H,12H2,1-3H3,(H,26,27,28). The van der Waals surface area contributed by atoms with Gasteiger partial charge < -0.3 is 10.4 Å². The molecule has 6 nitrogen and oxygen atoms in total. The number of fused-ring (bicyclic) bond motifs is 2. The zero-order chi connectivity index (χ0) is 22.4. The van der Waals surface area contributed by atoms with Crippen LogP contribution in [0.25, 0.3) is 21.5 Å². The lowest BCUT2D eigenvalue weighted by Crippen LogP contribution is -2.34. The number of benzene rings is 2. The number of phenolic OH excluding ortho intramolecular Hbond substituents is 1. The molecule has 1 aliphatic heterocycles. The molecule has 0 radical (unpaired) electrons. The molecule has 0 saturated heterocycles. The van der Waals surface area contributed by atoms with Crippen molar-refractivity contribution in [3.05, 3.63) is 65.0 Å². The second-order valence-electron chi connectivity index (χ2n) is 8.34. The minimum Gasteiger partial charge on any atom is -0.508 e. The van der Waals surface area contributed by atoms with Crippen LogP contribution in [-0.2, 0) is 11.2 Å². The molecule has 7 heteroatoms. The lowest BCUT2D eigenvalue weighted by atomic mass is 10.1. The molecule has 1 aliphatic rings. The van der Waals surface area contributed by atoms with E-state index in [2.05, 4.69) is 22.8 Å². The number of carbonyl (C=O) groups excluding carboxylic acids is 1. The maximum atomic E-state index is 12.8. The third kappa shape index (κ3) is 3.48. The molecule has 1 atom stereocenters. The Morgan fingerprint density at radius 1 is 1.06 bits per heavy atom. The van der Waals surface area contributed by atoms with Crippen molar-refractivity contribution in [3.8, 4) is 17.1 Å². The van der Waals surface area contributed by atoms with E-state index in [4.69, 9.17) is 9.97 Å². The molecule has 5 rings (SSSR count). The summed E-state index contributed by atoms with van der Waals surface area (Å²) < 4.78 is 1.18. The SMILES string of the molecule is CC(Nc1nc(-c2csc3ccccc23)nc2c1CC(=O)N2C(C)C)c1ccc(O)cc1. The molecule has 2 aromatic carbocycles. The van der Waals surface area contributed by atoms with Crippen molar-refractivity contribution in [1.29, 1.82) is 0 Å². The number of anilines is 2. The van der Waals surface area contributed by atoms with Crippen LogP contribution in [0.2, 0.25) is 0 Å². The Balaban J connectivity index is 1.63. The van der Waals surface area contributed by atoms with Crippen LogP contribution >= 0.6 is 11.3 Å². The Bertz CT molecular complexity index is 1310. The van der Waals surface area contributed by atoms with Crippen molar-refractivity contribution in [2.75, 3.05) is 10.2 Å². The molecular weight excluding hydrogens is 420 g/mol. The minimum atomic E-state index is -0.0649. The van der Waals surface area contributed by atoms with Gasteiger partial charge in [-0.15, -0.1) is 11.3 Å². The van der Waals surface area contributed by atoms with Crippen LogP contribution in [0.5, 0.6) is 5.75 Å². The number of hydrogen-bond donors (Lipinski definition) is 2. The highest BCUT2D eigenvalue weighted by atomic mass is 32.1. The summed E-state index contributed by atoms with van der Waals surface area (Å²) in [5.74, 6) is 2.25. The number of nitrogens with zero attached hydrogens (tertiary/aromatic N) is 3. The first-order valence-electron chi connectivity index (χ1n) is 10.7. The summed E-state index contributed by atoms with van der Waals surface area (Å²) in [4.78, 5) is 24.4. The molecule has 162 valence electrons. The number of aromatic nitrogens is 2. The van der Waals surface area contributed by atoms with E-state index in [1.807, 2.05) is 45.0 Å². The van der Waals surface area contributed by atoms with Gasteiger partial charge in [0.05, 0.1) is 6.42 Å². The Labute approximate surface area is 190 Å². The Kier molecular flexibility index (Phi) is 5.06. The van der Waals surface area contributed by atoms with Gasteiger partial charge in [0.25, 0.3) is 0 Å². The molecule has 1 unspecified atom stereocenters. The summed E-state index contributed by atoms with van der Waals surface area (Å²) in [6.45, 7) is 6.04. The number of hydrogen-bond acceptors (Lipinski definition) is 6. The third-order valence-corrected chi connectivity index (χ3v) is 6.76. The van der Waals surface area contributed by atoms with Crippen LogP contribution in [0, 0.1) is 0 Å². The summed E-state index contributed by atoms with van der Waals surface area (Å²) in [6, 6.07) is 15.3. The van der Waals surface area contributed by atoms with E-state index < -0.39 is 0 Å². The van der Waals surface area contributed by atoms with Gasteiger partial charge in [0, 0.05) is 38.7 Å². The molecule has 0 bridgehead atoms. The van der Waals surface area contributed by atoms with Crippen LogP contribution in [0.1, 0.15) is 37.9 Å². The molecule has 3 heterocycles. The Morgan fingerprint density at radius 3 is 2.56 bits per heavy atom. The lowest BCUT2D eigenvalue weighted by Gasteiger charge is -2.22. The van der Waals surface area contributed by atoms with Gasteiger partial charge in [0.1, 0.15) is 17.4 Å². The number of carbonyl (C=O) groups is 1. The molecule has 0 aliphatic carbocycles. The molecule has 2 aromatic heterocycles. The predicted molar refractivity (Wildman–Crippen MR) is 129 cm³/mol. The number of amides is 1. The first kappa shape index (κ1) is 20.5. The molecule has 0 fully saturated rings. The van der Waals surface area contributed by atoms with Crippen LogP contribution in [-0.4, -0.2) is 27.0 Å². The maximum Gasteiger partial charge on any atom is 0.233 e. The van der Waals surface area contributed by atoms with E-state index >= 15 is 0 Å². The monoisotopic (exact) mass is 444 g/mol. The van der Waals surface area contributed by atoms with E-state index in [1.165, 1.54) is 4.70 Å². The Hall–Kier alpha value is -3.45. The fraction of sp³-hybridized carbons (Fsp3) is 0.240. The first-order chi connectivity index (χ1) is 15.4. The normalized spacial score (nSPS) is 14.2. The van der Waals surface area contributed by atoms with E-state index in [0.29, 0.717) is 17.5 Å². The zero-order valence-electron chi connectivity index (χ0n) is 18.2. The number of aromatic hydroxyl groups is 1. The van der Waals surface area contributed by atoms with Crippen molar-refractivity contribution < 1.29 is 9.90 Å². The smallest absolute Gasteiger partial charge is 0.233 e.